The molecule has 5 rings (SSSR count). The van der Waals surface area contributed by atoms with Crippen LogP contribution in [0.4, 0.5) is 0 Å². The zero-order valence-corrected chi connectivity index (χ0v) is 17.0. The molecule has 0 radical (unpaired) electrons. The number of para-hydroxylation sites is 1. The van der Waals surface area contributed by atoms with Gasteiger partial charge in [0.25, 0.3) is 0 Å². The van der Waals surface area contributed by atoms with E-state index < -0.39 is 0 Å². The summed E-state index contributed by atoms with van der Waals surface area (Å²) in [5.74, 6) is 1.81. The SMILES string of the molecule is Cc1ccc2c3ccccc3n(-c3ccc(-c4nc(C)nc(C)n4)c(C#N)c3)c2c1. The number of hydrogen-bond donors (Lipinski definition) is 0. The van der Waals surface area contributed by atoms with Crippen LogP contribution >= 0.6 is 0 Å². The molecule has 0 bridgehead atoms. The Kier molecular flexibility index (Phi) is 4.07. The zero-order chi connectivity index (χ0) is 20.8. The van der Waals surface area contributed by atoms with Crippen molar-refractivity contribution < 1.29 is 0 Å². The maximum absolute atomic E-state index is 9.88. The Balaban J connectivity index is 1.78. The van der Waals surface area contributed by atoms with Gasteiger partial charge in [0, 0.05) is 22.0 Å². The molecule has 144 valence electrons. The van der Waals surface area contributed by atoms with Crippen LogP contribution in [0, 0.1) is 32.1 Å². The van der Waals surface area contributed by atoms with E-state index in [1.807, 2.05) is 38.1 Å². The van der Waals surface area contributed by atoms with Gasteiger partial charge in [-0.2, -0.15) is 5.26 Å². The summed E-state index contributed by atoms with van der Waals surface area (Å²) in [6.45, 7) is 5.76. The van der Waals surface area contributed by atoms with Gasteiger partial charge in [-0.1, -0.05) is 30.3 Å². The third kappa shape index (κ3) is 2.82. The summed E-state index contributed by atoms with van der Waals surface area (Å²) in [7, 11) is 0. The van der Waals surface area contributed by atoms with Crippen molar-refractivity contribution in [2.24, 2.45) is 0 Å². The smallest absolute Gasteiger partial charge is 0.164 e. The van der Waals surface area contributed by atoms with Gasteiger partial charge in [0.15, 0.2) is 5.82 Å². The molecule has 3 aromatic carbocycles. The Hall–Kier alpha value is -4.04. The molecule has 5 nitrogen and oxygen atoms in total. The minimum absolute atomic E-state index is 0.529. The molecule has 0 aliphatic rings. The fraction of sp³-hybridized carbons (Fsp3) is 0.120. The fourth-order valence-electron chi connectivity index (χ4n) is 4.05. The Bertz CT molecular complexity index is 1470. The van der Waals surface area contributed by atoms with Gasteiger partial charge in [0.05, 0.1) is 22.7 Å². The normalized spacial score (nSPS) is 11.1. The minimum Gasteiger partial charge on any atom is -0.309 e. The van der Waals surface area contributed by atoms with Crippen molar-refractivity contribution in [2.45, 2.75) is 20.8 Å². The second-order valence-electron chi connectivity index (χ2n) is 7.47. The van der Waals surface area contributed by atoms with Crippen molar-refractivity contribution in [2.75, 3.05) is 0 Å². The van der Waals surface area contributed by atoms with Crippen LogP contribution in [-0.4, -0.2) is 19.5 Å². The monoisotopic (exact) mass is 389 g/mol. The van der Waals surface area contributed by atoms with Gasteiger partial charge in [-0.05, 0) is 56.7 Å². The lowest BCUT2D eigenvalue weighted by molar-refractivity contribution is 0.928. The summed E-state index contributed by atoms with van der Waals surface area (Å²) in [5.41, 5.74) is 5.62. The molecule has 5 heteroatoms. The van der Waals surface area contributed by atoms with Crippen LogP contribution in [0.2, 0.25) is 0 Å². The van der Waals surface area contributed by atoms with Gasteiger partial charge in [-0.25, -0.2) is 15.0 Å². The molecule has 0 amide bonds. The van der Waals surface area contributed by atoms with Gasteiger partial charge in [0.2, 0.25) is 0 Å². The van der Waals surface area contributed by atoms with Crippen molar-refractivity contribution in [3.05, 3.63) is 83.4 Å². The second-order valence-corrected chi connectivity index (χ2v) is 7.47. The van der Waals surface area contributed by atoms with Gasteiger partial charge in [0.1, 0.15) is 11.6 Å². The Morgan fingerprint density at radius 3 is 2.27 bits per heavy atom. The lowest BCUT2D eigenvalue weighted by Gasteiger charge is -2.11. The minimum atomic E-state index is 0.529. The van der Waals surface area contributed by atoms with Crippen LogP contribution in [0.5, 0.6) is 0 Å². The van der Waals surface area contributed by atoms with E-state index in [0.29, 0.717) is 28.6 Å². The summed E-state index contributed by atoms with van der Waals surface area (Å²) in [5, 5.41) is 12.3. The first-order chi connectivity index (χ1) is 14.5. The highest BCUT2D eigenvalue weighted by Gasteiger charge is 2.15. The largest absolute Gasteiger partial charge is 0.309 e. The van der Waals surface area contributed by atoms with Crippen molar-refractivity contribution in [1.29, 1.82) is 5.26 Å². The van der Waals surface area contributed by atoms with E-state index in [4.69, 9.17) is 0 Å². The Morgan fingerprint density at radius 1 is 0.767 bits per heavy atom. The quantitative estimate of drug-likeness (QED) is 0.404. The third-order valence-corrected chi connectivity index (χ3v) is 5.31. The molecule has 5 aromatic rings. The standard InChI is InChI=1S/C25H19N5/c1-15-8-10-22-21-6-4-5-7-23(21)30(24(22)12-15)19-9-11-20(18(13-19)14-26)25-28-16(2)27-17(3)29-25/h4-13H,1-3H3. The number of aromatic nitrogens is 4. The highest BCUT2D eigenvalue weighted by molar-refractivity contribution is 6.09. The van der Waals surface area contributed by atoms with Gasteiger partial charge in [-0.3, -0.25) is 0 Å². The fourth-order valence-corrected chi connectivity index (χ4v) is 4.05. The van der Waals surface area contributed by atoms with E-state index in [9.17, 15) is 5.26 Å². The van der Waals surface area contributed by atoms with Crippen LogP contribution in [0.15, 0.2) is 60.7 Å². The molecule has 0 saturated carbocycles. The molecule has 2 heterocycles. The summed E-state index contributed by atoms with van der Waals surface area (Å²) in [6, 6.07) is 23.0. The maximum atomic E-state index is 9.88. The molecule has 2 aromatic heterocycles. The van der Waals surface area contributed by atoms with Gasteiger partial charge < -0.3 is 4.57 Å². The van der Waals surface area contributed by atoms with Gasteiger partial charge >= 0.3 is 0 Å². The number of rotatable bonds is 2. The molecular weight excluding hydrogens is 370 g/mol. The van der Waals surface area contributed by atoms with E-state index in [2.05, 4.69) is 68.9 Å². The molecule has 0 unspecified atom stereocenters. The molecule has 0 aliphatic carbocycles. The summed E-state index contributed by atoms with van der Waals surface area (Å²) < 4.78 is 2.21. The number of hydrogen-bond acceptors (Lipinski definition) is 4. The first-order valence-corrected chi connectivity index (χ1v) is 9.79. The number of nitriles is 1. The molecule has 0 atom stereocenters. The maximum Gasteiger partial charge on any atom is 0.164 e. The second kappa shape index (κ2) is 6.78. The van der Waals surface area contributed by atoms with Crippen molar-refractivity contribution >= 4 is 21.8 Å². The van der Waals surface area contributed by atoms with Gasteiger partial charge in [-0.15, -0.1) is 0 Å². The number of nitrogens with zero attached hydrogens (tertiary/aromatic N) is 5. The van der Waals surface area contributed by atoms with Crippen molar-refractivity contribution in [3.8, 4) is 23.1 Å². The summed E-state index contributed by atoms with van der Waals surface area (Å²) >= 11 is 0. The Labute approximate surface area is 174 Å². The molecule has 30 heavy (non-hydrogen) atoms. The summed E-state index contributed by atoms with van der Waals surface area (Å²) in [4.78, 5) is 13.1. The molecule has 0 spiro atoms. The van der Waals surface area contributed by atoms with E-state index in [1.54, 1.807) is 0 Å². The van der Waals surface area contributed by atoms with Crippen LogP contribution in [0.3, 0.4) is 0 Å². The zero-order valence-electron chi connectivity index (χ0n) is 17.0. The molecular formula is C25H19N5. The molecule has 0 N–H and O–H groups in total. The predicted molar refractivity (Wildman–Crippen MR) is 119 cm³/mol. The van der Waals surface area contributed by atoms with E-state index >= 15 is 0 Å². The molecule has 0 fully saturated rings. The Morgan fingerprint density at radius 2 is 1.50 bits per heavy atom. The lowest BCUT2D eigenvalue weighted by atomic mass is 10.1. The lowest BCUT2D eigenvalue weighted by Crippen LogP contribution is -2.01. The van der Waals surface area contributed by atoms with E-state index in [0.717, 1.165) is 16.7 Å². The van der Waals surface area contributed by atoms with Crippen LogP contribution < -0.4 is 0 Å². The number of benzene rings is 3. The molecule has 0 aliphatic heterocycles. The highest BCUT2D eigenvalue weighted by atomic mass is 15.0. The van der Waals surface area contributed by atoms with Crippen LogP contribution in [0.1, 0.15) is 22.8 Å². The highest BCUT2D eigenvalue weighted by Crippen LogP contribution is 2.33. The summed E-state index contributed by atoms with van der Waals surface area (Å²) in [6.07, 6.45) is 0. The third-order valence-electron chi connectivity index (χ3n) is 5.31. The van der Waals surface area contributed by atoms with Crippen LogP contribution in [0.25, 0.3) is 38.9 Å². The van der Waals surface area contributed by atoms with Crippen molar-refractivity contribution in [3.63, 3.8) is 0 Å². The number of fused-ring (bicyclic) bond motifs is 3. The number of aryl methyl sites for hydroxylation is 3. The topological polar surface area (TPSA) is 67.4 Å². The average molecular weight is 389 g/mol. The average Bonchev–Trinajstić information content (AvgIpc) is 3.06. The van der Waals surface area contributed by atoms with E-state index in [-0.39, 0.29) is 0 Å². The first kappa shape index (κ1) is 18.0. The van der Waals surface area contributed by atoms with Crippen LogP contribution in [-0.2, 0) is 0 Å². The van der Waals surface area contributed by atoms with E-state index in [1.165, 1.54) is 16.3 Å². The first-order valence-electron chi connectivity index (χ1n) is 9.79. The predicted octanol–water partition coefficient (Wildman–Crippen LogP) is 5.43. The van der Waals surface area contributed by atoms with Crippen molar-refractivity contribution in [1.82, 2.24) is 19.5 Å². The molecule has 0 saturated heterocycles.